The zero-order valence-electron chi connectivity index (χ0n) is 11.0. The van der Waals surface area contributed by atoms with Crippen LogP contribution in [-0.4, -0.2) is 50.7 Å². The van der Waals surface area contributed by atoms with Gasteiger partial charge in [0.15, 0.2) is 5.82 Å². The zero-order valence-corrected chi connectivity index (χ0v) is 11.0. The van der Waals surface area contributed by atoms with Gasteiger partial charge in [0.1, 0.15) is 6.33 Å². The second-order valence-electron chi connectivity index (χ2n) is 4.20. The molecule has 0 aliphatic carbocycles. The first-order valence-electron chi connectivity index (χ1n) is 6.45. The third-order valence-electron chi connectivity index (χ3n) is 2.92. The molecule has 2 aromatic heterocycles. The van der Waals surface area contributed by atoms with Gasteiger partial charge < -0.3 is 10.2 Å². The summed E-state index contributed by atoms with van der Waals surface area (Å²) in [4.78, 5) is 6.71. The summed E-state index contributed by atoms with van der Waals surface area (Å²) in [5.74, 6) is 0.794. The highest BCUT2D eigenvalue weighted by molar-refractivity contribution is 5.61. The molecule has 0 aromatic carbocycles. The molecule has 0 fully saturated rings. The van der Waals surface area contributed by atoms with Crippen LogP contribution < -0.4 is 5.32 Å². The van der Waals surface area contributed by atoms with Crippen LogP contribution in [0.2, 0.25) is 0 Å². The zero-order chi connectivity index (χ0) is 12.8. The minimum Gasteiger partial charge on any atom is -0.366 e. The number of anilines is 1. The molecule has 18 heavy (non-hydrogen) atoms. The van der Waals surface area contributed by atoms with Crippen LogP contribution in [0, 0.1) is 0 Å². The lowest BCUT2D eigenvalue weighted by Gasteiger charge is -2.19. The van der Waals surface area contributed by atoms with Gasteiger partial charge in [-0.2, -0.15) is 0 Å². The van der Waals surface area contributed by atoms with Crippen LogP contribution in [0.1, 0.15) is 20.3 Å². The number of likely N-dealkylation sites (N-methyl/N-ethyl adjacent to an activating group) is 1. The first-order valence-corrected chi connectivity index (χ1v) is 6.45. The van der Waals surface area contributed by atoms with Crippen molar-refractivity contribution in [2.75, 3.05) is 31.5 Å². The van der Waals surface area contributed by atoms with Gasteiger partial charge in [-0.25, -0.2) is 4.98 Å². The van der Waals surface area contributed by atoms with E-state index >= 15 is 0 Å². The molecule has 6 nitrogen and oxygen atoms in total. The van der Waals surface area contributed by atoms with Gasteiger partial charge in [0.2, 0.25) is 5.65 Å². The molecule has 6 heteroatoms. The van der Waals surface area contributed by atoms with E-state index < -0.39 is 0 Å². The van der Waals surface area contributed by atoms with Crippen molar-refractivity contribution in [1.82, 2.24) is 24.5 Å². The van der Waals surface area contributed by atoms with Crippen LogP contribution in [0.25, 0.3) is 5.65 Å². The molecule has 0 unspecified atom stereocenters. The smallest absolute Gasteiger partial charge is 0.203 e. The van der Waals surface area contributed by atoms with Gasteiger partial charge in [-0.1, -0.05) is 13.8 Å². The lowest BCUT2D eigenvalue weighted by molar-refractivity contribution is 0.300. The molecule has 1 N–H and O–H groups in total. The fraction of sp³-hybridized carbons (Fsp3) is 0.583. The number of rotatable bonds is 7. The highest BCUT2D eigenvalue weighted by Crippen LogP contribution is 2.08. The van der Waals surface area contributed by atoms with Gasteiger partial charge >= 0.3 is 0 Å². The molecule has 0 bridgehead atoms. The summed E-state index contributed by atoms with van der Waals surface area (Å²) in [5, 5.41) is 11.2. The van der Waals surface area contributed by atoms with Gasteiger partial charge in [-0.15, -0.1) is 10.2 Å². The van der Waals surface area contributed by atoms with E-state index in [-0.39, 0.29) is 0 Å². The summed E-state index contributed by atoms with van der Waals surface area (Å²) < 4.78 is 1.86. The van der Waals surface area contributed by atoms with Crippen molar-refractivity contribution in [2.45, 2.75) is 20.3 Å². The summed E-state index contributed by atoms with van der Waals surface area (Å²) in [5.41, 5.74) is 0.774. The van der Waals surface area contributed by atoms with Crippen LogP contribution in [0.15, 0.2) is 18.7 Å². The van der Waals surface area contributed by atoms with E-state index in [9.17, 15) is 0 Å². The normalized spacial score (nSPS) is 11.3. The molecule has 2 heterocycles. The lowest BCUT2D eigenvalue weighted by atomic mass is 10.4. The Morgan fingerprint density at radius 3 is 3.00 bits per heavy atom. The van der Waals surface area contributed by atoms with E-state index in [1.54, 1.807) is 12.5 Å². The summed E-state index contributed by atoms with van der Waals surface area (Å²) in [7, 11) is 0. The third-order valence-corrected chi connectivity index (χ3v) is 2.92. The molecule has 0 radical (unpaired) electrons. The summed E-state index contributed by atoms with van der Waals surface area (Å²) >= 11 is 0. The Balaban J connectivity index is 1.92. The highest BCUT2D eigenvalue weighted by atomic mass is 15.2. The summed E-state index contributed by atoms with van der Waals surface area (Å²) in [6, 6.07) is 0. The highest BCUT2D eigenvalue weighted by Gasteiger charge is 2.05. The van der Waals surface area contributed by atoms with E-state index in [4.69, 9.17) is 0 Å². The predicted octanol–water partition coefficient (Wildman–Crippen LogP) is 1.27. The van der Waals surface area contributed by atoms with Gasteiger partial charge in [0, 0.05) is 25.5 Å². The third kappa shape index (κ3) is 2.95. The monoisotopic (exact) mass is 248 g/mol. The minimum atomic E-state index is 0.774. The summed E-state index contributed by atoms with van der Waals surface area (Å²) in [6.45, 7) is 8.50. The van der Waals surface area contributed by atoms with E-state index in [1.165, 1.54) is 6.42 Å². The van der Waals surface area contributed by atoms with Crippen LogP contribution in [-0.2, 0) is 0 Å². The van der Waals surface area contributed by atoms with Gasteiger partial charge in [-0.05, 0) is 19.5 Å². The Morgan fingerprint density at radius 2 is 2.22 bits per heavy atom. The standard InChI is InChI=1S/C12H20N6/c1-3-7-17(4-2)8-5-13-11-12-16-15-10-18(12)9-6-14-11/h6,9-10H,3-5,7-8H2,1-2H3,(H,13,14). The second kappa shape index (κ2) is 6.30. The molecule has 0 saturated heterocycles. The predicted molar refractivity (Wildman–Crippen MR) is 71.7 cm³/mol. The van der Waals surface area contributed by atoms with Gasteiger partial charge in [0.25, 0.3) is 0 Å². The van der Waals surface area contributed by atoms with Crippen molar-refractivity contribution in [3.63, 3.8) is 0 Å². The largest absolute Gasteiger partial charge is 0.366 e. The van der Waals surface area contributed by atoms with E-state index in [2.05, 4.69) is 39.2 Å². The molecule has 0 amide bonds. The van der Waals surface area contributed by atoms with E-state index in [0.717, 1.165) is 37.6 Å². The van der Waals surface area contributed by atoms with Crippen LogP contribution >= 0.6 is 0 Å². The average Bonchev–Trinajstić information content (AvgIpc) is 2.86. The maximum Gasteiger partial charge on any atom is 0.203 e. The molecule has 0 aliphatic rings. The van der Waals surface area contributed by atoms with Crippen molar-refractivity contribution < 1.29 is 0 Å². The molecule has 0 spiro atoms. The molecular weight excluding hydrogens is 228 g/mol. The molecule has 98 valence electrons. The van der Waals surface area contributed by atoms with E-state index in [1.807, 2.05) is 10.6 Å². The first kappa shape index (κ1) is 12.8. The van der Waals surface area contributed by atoms with Gasteiger partial charge in [-0.3, -0.25) is 4.40 Å². The number of aromatic nitrogens is 4. The molecule has 2 rings (SSSR count). The van der Waals surface area contributed by atoms with Crippen LogP contribution in [0.3, 0.4) is 0 Å². The molecule has 0 aliphatic heterocycles. The summed E-state index contributed by atoms with van der Waals surface area (Å²) in [6.07, 6.45) is 6.46. The minimum absolute atomic E-state index is 0.774. The second-order valence-corrected chi connectivity index (χ2v) is 4.20. The molecular formula is C12H20N6. The van der Waals surface area contributed by atoms with Crippen molar-refractivity contribution >= 4 is 11.5 Å². The quantitative estimate of drug-likeness (QED) is 0.799. The van der Waals surface area contributed by atoms with Crippen LogP contribution in [0.5, 0.6) is 0 Å². The van der Waals surface area contributed by atoms with Crippen molar-refractivity contribution in [1.29, 1.82) is 0 Å². The molecule has 2 aromatic rings. The Bertz CT molecular complexity index is 480. The Kier molecular flexibility index (Phi) is 4.46. The maximum atomic E-state index is 4.29. The fourth-order valence-corrected chi connectivity index (χ4v) is 1.96. The number of nitrogens with zero attached hydrogens (tertiary/aromatic N) is 5. The number of fused-ring (bicyclic) bond motifs is 1. The maximum absolute atomic E-state index is 4.29. The first-order chi connectivity index (χ1) is 8.85. The van der Waals surface area contributed by atoms with E-state index in [0.29, 0.717) is 0 Å². The molecule has 0 saturated carbocycles. The number of hydrogen-bond acceptors (Lipinski definition) is 5. The Morgan fingerprint density at radius 1 is 1.33 bits per heavy atom. The number of nitrogens with one attached hydrogen (secondary N) is 1. The lowest BCUT2D eigenvalue weighted by Crippen LogP contribution is -2.29. The van der Waals surface area contributed by atoms with Crippen molar-refractivity contribution in [2.24, 2.45) is 0 Å². The van der Waals surface area contributed by atoms with Crippen LogP contribution in [0.4, 0.5) is 5.82 Å². The Labute approximate surface area is 107 Å². The number of hydrogen-bond donors (Lipinski definition) is 1. The van der Waals surface area contributed by atoms with Gasteiger partial charge in [0.05, 0.1) is 0 Å². The Hall–Kier alpha value is -1.69. The van der Waals surface area contributed by atoms with Crippen molar-refractivity contribution in [3.05, 3.63) is 18.7 Å². The fourth-order valence-electron chi connectivity index (χ4n) is 1.96. The topological polar surface area (TPSA) is 58.4 Å². The SMILES string of the molecule is CCCN(CC)CCNc1nccn2cnnc12. The average molecular weight is 248 g/mol. The molecule has 0 atom stereocenters. The van der Waals surface area contributed by atoms with Crippen molar-refractivity contribution in [3.8, 4) is 0 Å².